The largest absolute Gasteiger partial charge is 1.00 e. The summed E-state index contributed by atoms with van der Waals surface area (Å²) in [5.74, 6) is -2.73. The molecule has 2 N–H and O–H groups in total. The summed E-state index contributed by atoms with van der Waals surface area (Å²) in [5.41, 5.74) is 0.352. The van der Waals surface area contributed by atoms with Crippen molar-refractivity contribution in [3.63, 3.8) is 0 Å². The topological polar surface area (TPSA) is 176 Å². The molecule has 3 aliphatic rings. The second-order valence-corrected chi connectivity index (χ2v) is 12.8. The Kier molecular flexibility index (Phi) is 8.25. The number of hydrogen-bond acceptors (Lipinski definition) is 9. The van der Waals surface area contributed by atoms with E-state index in [9.17, 15) is 37.5 Å². The quantitative estimate of drug-likeness (QED) is 0.256. The Bertz CT molecular complexity index is 1240. The number of carbonyl (C=O) groups is 5. The zero-order valence-electron chi connectivity index (χ0n) is 20.5. The fourth-order valence-corrected chi connectivity index (χ4v) is 6.94. The van der Waals surface area contributed by atoms with Gasteiger partial charge in [0.25, 0.3) is 0 Å². The maximum Gasteiger partial charge on any atom is 1.00 e. The van der Waals surface area contributed by atoms with Crippen LogP contribution in [0.4, 0.5) is 9.59 Å². The van der Waals surface area contributed by atoms with Crippen molar-refractivity contribution in [1.29, 1.82) is 0 Å². The van der Waals surface area contributed by atoms with Crippen molar-refractivity contribution in [1.82, 2.24) is 24.7 Å². The van der Waals surface area contributed by atoms with Gasteiger partial charge in [-0.1, -0.05) is 30.3 Å². The first-order chi connectivity index (χ1) is 16.7. The molecule has 1 aromatic rings. The van der Waals surface area contributed by atoms with Crippen LogP contribution in [-0.4, -0.2) is 93.9 Å². The van der Waals surface area contributed by atoms with Gasteiger partial charge in [-0.2, -0.15) is 0 Å². The van der Waals surface area contributed by atoms with Gasteiger partial charge in [0, 0.05) is 4.75 Å². The molecule has 16 heteroatoms. The van der Waals surface area contributed by atoms with Crippen molar-refractivity contribution in [3.8, 4) is 0 Å². The van der Waals surface area contributed by atoms with Gasteiger partial charge in [-0.25, -0.2) is 27.2 Å². The van der Waals surface area contributed by atoms with E-state index in [0.717, 1.165) is 6.26 Å². The van der Waals surface area contributed by atoms with E-state index in [1.165, 1.54) is 16.7 Å². The van der Waals surface area contributed by atoms with Crippen LogP contribution in [0.3, 0.4) is 0 Å². The van der Waals surface area contributed by atoms with Crippen LogP contribution in [0.2, 0.25) is 0 Å². The third-order valence-corrected chi connectivity index (χ3v) is 8.95. The molecule has 1 aromatic carbocycles. The molecule has 3 fully saturated rings. The number of rotatable bonds is 6. The fraction of sp³-hybridized carbons (Fsp3) is 0.476. The van der Waals surface area contributed by atoms with Crippen LogP contribution in [0, 0.1) is 0 Å². The molecular formula is C21H24N5NaO8S2. The number of amides is 6. The summed E-state index contributed by atoms with van der Waals surface area (Å²) in [7, 11) is -3.87. The Labute approximate surface area is 239 Å². The van der Waals surface area contributed by atoms with Gasteiger partial charge in [0.05, 0.1) is 31.4 Å². The maximum absolute atomic E-state index is 13.3. The van der Waals surface area contributed by atoms with Gasteiger partial charge in [0.1, 0.15) is 17.5 Å². The van der Waals surface area contributed by atoms with Gasteiger partial charge in [-0.3, -0.25) is 9.59 Å². The van der Waals surface area contributed by atoms with Gasteiger partial charge in [-0.05, 0) is 19.4 Å². The minimum absolute atomic E-state index is 0. The normalized spacial score (nSPS) is 25.1. The number of carboxylic acid groups (broad SMARTS) is 1. The standard InChI is InChI=1S/C21H25N5O8S2.Na/c1-21(2)14(18(29)30)26-16(28)13(17(26)35-21)22-15(27)12(11-7-5-4-6-8-11)23-19(31)24-9-10-25(20(24)32)36(3,33)34;/h4-8,12-14,17H,9-10H2,1-3H3,(H,22,27)(H,23,31)(H,29,30);/q;+1/p-1. The monoisotopic (exact) mass is 561 g/mol. The van der Waals surface area contributed by atoms with Gasteiger partial charge < -0.3 is 25.4 Å². The molecule has 6 amide bonds. The predicted molar refractivity (Wildman–Crippen MR) is 124 cm³/mol. The first kappa shape index (κ1) is 29.2. The van der Waals surface area contributed by atoms with Crippen LogP contribution in [0.1, 0.15) is 25.5 Å². The molecule has 37 heavy (non-hydrogen) atoms. The van der Waals surface area contributed by atoms with E-state index in [4.69, 9.17) is 0 Å². The summed E-state index contributed by atoms with van der Waals surface area (Å²) < 4.78 is 23.2. The molecule has 4 rings (SSSR count). The van der Waals surface area contributed by atoms with Crippen LogP contribution < -0.4 is 45.3 Å². The number of benzene rings is 1. The summed E-state index contributed by atoms with van der Waals surface area (Å²) in [6.45, 7) is 2.92. The number of hydrogen-bond donors (Lipinski definition) is 2. The van der Waals surface area contributed by atoms with Crippen molar-refractivity contribution in [2.24, 2.45) is 0 Å². The zero-order valence-corrected chi connectivity index (χ0v) is 24.2. The average molecular weight is 562 g/mol. The number of fused-ring (bicyclic) bond motifs is 1. The minimum Gasteiger partial charge on any atom is -0.548 e. The van der Waals surface area contributed by atoms with Gasteiger partial charge in [0.15, 0.2) is 0 Å². The number of β-lactam (4-membered cyclic amide) rings is 1. The molecule has 0 saturated carbocycles. The molecule has 0 aliphatic carbocycles. The summed E-state index contributed by atoms with van der Waals surface area (Å²) in [4.78, 5) is 64.8. The number of carboxylic acids is 1. The maximum atomic E-state index is 13.3. The van der Waals surface area contributed by atoms with E-state index in [1.807, 2.05) is 0 Å². The molecule has 3 saturated heterocycles. The number of thioether (sulfide) groups is 1. The van der Waals surface area contributed by atoms with E-state index >= 15 is 0 Å². The molecule has 0 spiro atoms. The SMILES string of the molecule is CC1(C)SC2C(NC(=O)C(NC(=O)N3CCN(S(C)(=O)=O)C3=O)c3ccccc3)C(=O)N2C1C(=O)[O-].[Na+]. The van der Waals surface area contributed by atoms with Crippen molar-refractivity contribution in [3.05, 3.63) is 35.9 Å². The Hall–Kier alpha value is -2.33. The average Bonchev–Trinajstić information content (AvgIpc) is 3.31. The molecule has 0 bridgehead atoms. The molecule has 0 radical (unpaired) electrons. The van der Waals surface area contributed by atoms with E-state index in [2.05, 4.69) is 10.6 Å². The third-order valence-electron chi connectivity index (χ3n) is 6.24. The first-order valence-corrected chi connectivity index (χ1v) is 13.6. The molecule has 0 aromatic heterocycles. The Morgan fingerprint density at radius 1 is 1.14 bits per heavy atom. The smallest absolute Gasteiger partial charge is 0.548 e. The van der Waals surface area contributed by atoms with E-state index in [-0.39, 0.29) is 42.6 Å². The molecule has 3 heterocycles. The first-order valence-electron chi connectivity index (χ1n) is 10.9. The van der Waals surface area contributed by atoms with Crippen molar-refractivity contribution >= 4 is 51.6 Å². The Balaban J connectivity index is 0.00000380. The Morgan fingerprint density at radius 2 is 1.76 bits per heavy atom. The molecule has 4 atom stereocenters. The van der Waals surface area contributed by atoms with Crippen molar-refractivity contribution < 1.29 is 67.1 Å². The number of urea groups is 2. The second kappa shape index (κ2) is 10.4. The molecule has 194 valence electrons. The van der Waals surface area contributed by atoms with Gasteiger partial charge in [0.2, 0.25) is 21.8 Å². The number of aliphatic carboxylic acids is 1. The van der Waals surface area contributed by atoms with Gasteiger partial charge >= 0.3 is 41.6 Å². The van der Waals surface area contributed by atoms with Crippen LogP contribution in [0.5, 0.6) is 0 Å². The van der Waals surface area contributed by atoms with Gasteiger partial charge in [-0.15, -0.1) is 11.8 Å². The Morgan fingerprint density at radius 3 is 2.30 bits per heavy atom. The van der Waals surface area contributed by atoms with Crippen molar-refractivity contribution in [2.75, 3.05) is 19.3 Å². The van der Waals surface area contributed by atoms with E-state index in [1.54, 1.807) is 44.2 Å². The fourth-order valence-electron chi connectivity index (χ4n) is 4.52. The van der Waals surface area contributed by atoms with Crippen LogP contribution in [0.15, 0.2) is 30.3 Å². The molecule has 4 unspecified atom stereocenters. The molecule has 13 nitrogen and oxygen atoms in total. The van der Waals surface area contributed by atoms with Crippen LogP contribution in [0.25, 0.3) is 0 Å². The minimum atomic E-state index is -3.87. The number of sulfonamides is 1. The van der Waals surface area contributed by atoms with E-state index in [0.29, 0.717) is 14.8 Å². The number of imide groups is 1. The predicted octanol–water partition coefficient (Wildman–Crippen LogP) is -4.56. The third kappa shape index (κ3) is 5.32. The second-order valence-electron chi connectivity index (χ2n) is 9.13. The van der Waals surface area contributed by atoms with Crippen molar-refractivity contribution in [2.45, 2.75) is 42.1 Å². The molecule has 3 aliphatic heterocycles. The zero-order chi connectivity index (χ0) is 26.6. The summed E-state index contributed by atoms with van der Waals surface area (Å²) in [6, 6.07) is 2.56. The summed E-state index contributed by atoms with van der Waals surface area (Å²) in [6.07, 6.45) is 0.846. The van der Waals surface area contributed by atoms with Crippen LogP contribution >= 0.6 is 11.8 Å². The van der Waals surface area contributed by atoms with E-state index < -0.39 is 68.1 Å². The summed E-state index contributed by atoms with van der Waals surface area (Å²) in [5, 5.41) is 16.0. The number of carbonyl (C=O) groups excluding carboxylic acids is 5. The molecular weight excluding hydrogens is 537 g/mol. The van der Waals surface area contributed by atoms with Crippen LogP contribution in [-0.2, 0) is 24.4 Å². The number of nitrogens with zero attached hydrogens (tertiary/aromatic N) is 3. The number of nitrogens with one attached hydrogen (secondary N) is 2. The summed E-state index contributed by atoms with van der Waals surface area (Å²) >= 11 is 1.22.